The number of hydrogen-bond acceptors (Lipinski definition) is 3. The summed E-state index contributed by atoms with van der Waals surface area (Å²) in [6.07, 6.45) is 2.26. The van der Waals surface area contributed by atoms with Gasteiger partial charge in [-0.25, -0.2) is 4.39 Å². The van der Waals surface area contributed by atoms with Crippen LogP contribution in [0.15, 0.2) is 18.2 Å². The molecule has 0 radical (unpaired) electrons. The predicted molar refractivity (Wildman–Crippen MR) is 78.1 cm³/mol. The number of nitrogens with one attached hydrogen (secondary N) is 1. The van der Waals surface area contributed by atoms with Crippen LogP contribution in [0.3, 0.4) is 0 Å². The van der Waals surface area contributed by atoms with Gasteiger partial charge in [-0.05, 0) is 44.4 Å². The van der Waals surface area contributed by atoms with Crippen LogP contribution in [0.2, 0.25) is 0 Å². The molecule has 1 aliphatic carbocycles. The van der Waals surface area contributed by atoms with Gasteiger partial charge in [0.25, 0.3) is 0 Å². The standard InChI is InChI=1S/C16H22FNO3/c1-3-8-18-16(15(19)20)7-6-13(10-16)21-12-5-4-11(2)14(17)9-12/h4-5,9,13,18H,3,6-8,10H2,1-2H3,(H,19,20). The molecular formula is C16H22FNO3. The van der Waals surface area contributed by atoms with E-state index in [0.717, 1.165) is 6.42 Å². The molecule has 1 aromatic carbocycles. The molecule has 2 unspecified atom stereocenters. The summed E-state index contributed by atoms with van der Waals surface area (Å²) >= 11 is 0. The fourth-order valence-electron chi connectivity index (χ4n) is 2.73. The molecule has 4 nitrogen and oxygen atoms in total. The van der Waals surface area contributed by atoms with Gasteiger partial charge < -0.3 is 15.2 Å². The number of carboxylic acids is 1. The third-order valence-electron chi connectivity index (χ3n) is 4.04. The van der Waals surface area contributed by atoms with Crippen LogP contribution in [-0.2, 0) is 4.79 Å². The number of hydrogen-bond donors (Lipinski definition) is 2. The van der Waals surface area contributed by atoms with E-state index in [2.05, 4.69) is 5.32 Å². The average molecular weight is 295 g/mol. The van der Waals surface area contributed by atoms with E-state index >= 15 is 0 Å². The molecule has 0 aliphatic heterocycles. The minimum atomic E-state index is -0.913. The highest BCUT2D eigenvalue weighted by molar-refractivity contribution is 5.79. The van der Waals surface area contributed by atoms with E-state index in [4.69, 9.17) is 4.74 Å². The quantitative estimate of drug-likeness (QED) is 0.847. The number of aryl methyl sites for hydroxylation is 1. The number of ether oxygens (including phenoxy) is 1. The van der Waals surface area contributed by atoms with Gasteiger partial charge in [-0.2, -0.15) is 0 Å². The Labute approximate surface area is 124 Å². The van der Waals surface area contributed by atoms with Crippen molar-refractivity contribution in [1.29, 1.82) is 0 Å². The molecule has 116 valence electrons. The largest absolute Gasteiger partial charge is 0.490 e. The molecule has 1 aromatic rings. The molecule has 2 N–H and O–H groups in total. The minimum Gasteiger partial charge on any atom is -0.490 e. The highest BCUT2D eigenvalue weighted by Gasteiger charge is 2.46. The van der Waals surface area contributed by atoms with Crippen molar-refractivity contribution in [3.8, 4) is 5.75 Å². The SMILES string of the molecule is CCCNC1(C(=O)O)CCC(Oc2ccc(C)c(F)c2)C1. The van der Waals surface area contributed by atoms with E-state index in [9.17, 15) is 14.3 Å². The molecule has 21 heavy (non-hydrogen) atoms. The van der Waals surface area contributed by atoms with Crippen molar-refractivity contribution in [3.63, 3.8) is 0 Å². The third-order valence-corrected chi connectivity index (χ3v) is 4.04. The van der Waals surface area contributed by atoms with Crippen molar-refractivity contribution >= 4 is 5.97 Å². The number of aliphatic carboxylic acids is 1. The van der Waals surface area contributed by atoms with Crippen LogP contribution in [0.25, 0.3) is 0 Å². The minimum absolute atomic E-state index is 0.201. The van der Waals surface area contributed by atoms with E-state index in [1.54, 1.807) is 19.1 Å². The zero-order chi connectivity index (χ0) is 15.5. The van der Waals surface area contributed by atoms with Crippen LogP contribution in [0.5, 0.6) is 5.75 Å². The number of rotatable bonds is 6. The summed E-state index contributed by atoms with van der Waals surface area (Å²) in [4.78, 5) is 11.5. The second-order valence-corrected chi connectivity index (χ2v) is 5.71. The van der Waals surface area contributed by atoms with E-state index in [1.807, 2.05) is 6.92 Å². The summed E-state index contributed by atoms with van der Waals surface area (Å²) < 4.78 is 19.3. The van der Waals surface area contributed by atoms with Crippen molar-refractivity contribution in [2.45, 2.75) is 51.2 Å². The van der Waals surface area contributed by atoms with Crippen LogP contribution in [0.1, 0.15) is 38.2 Å². The number of benzene rings is 1. The summed E-state index contributed by atoms with van der Waals surface area (Å²) in [5.41, 5.74) is -0.345. The number of carbonyl (C=O) groups is 1. The molecule has 0 spiro atoms. The van der Waals surface area contributed by atoms with Crippen LogP contribution in [-0.4, -0.2) is 29.3 Å². The van der Waals surface area contributed by atoms with Crippen molar-refractivity contribution < 1.29 is 19.0 Å². The molecule has 0 bridgehead atoms. The van der Waals surface area contributed by atoms with E-state index < -0.39 is 11.5 Å². The van der Waals surface area contributed by atoms with Gasteiger partial charge in [0.2, 0.25) is 0 Å². The lowest BCUT2D eigenvalue weighted by molar-refractivity contribution is -0.144. The van der Waals surface area contributed by atoms with Gasteiger partial charge in [-0.1, -0.05) is 13.0 Å². The van der Waals surface area contributed by atoms with Crippen molar-refractivity contribution in [2.75, 3.05) is 6.54 Å². The first-order valence-electron chi connectivity index (χ1n) is 7.38. The Bertz CT molecular complexity index is 520. The summed E-state index contributed by atoms with van der Waals surface area (Å²) in [6, 6.07) is 4.74. The maximum absolute atomic E-state index is 13.5. The maximum Gasteiger partial charge on any atom is 0.324 e. The van der Waals surface area contributed by atoms with Gasteiger partial charge >= 0.3 is 5.97 Å². The van der Waals surface area contributed by atoms with Crippen LogP contribution in [0, 0.1) is 12.7 Å². The fraction of sp³-hybridized carbons (Fsp3) is 0.562. The molecule has 5 heteroatoms. The molecule has 0 amide bonds. The summed E-state index contributed by atoms with van der Waals surface area (Å²) in [6.45, 7) is 4.36. The van der Waals surface area contributed by atoms with Gasteiger partial charge in [-0.15, -0.1) is 0 Å². The second kappa shape index (κ2) is 6.43. The Kier molecular flexibility index (Phi) is 4.83. The molecule has 1 aliphatic rings. The zero-order valence-corrected chi connectivity index (χ0v) is 12.5. The monoisotopic (exact) mass is 295 g/mol. The van der Waals surface area contributed by atoms with Gasteiger partial charge in [0.1, 0.15) is 23.2 Å². The summed E-state index contributed by atoms with van der Waals surface area (Å²) in [5.74, 6) is -0.684. The Morgan fingerprint density at radius 1 is 1.57 bits per heavy atom. The van der Waals surface area contributed by atoms with Crippen LogP contribution in [0.4, 0.5) is 4.39 Å². The molecule has 0 saturated heterocycles. The van der Waals surface area contributed by atoms with Gasteiger partial charge in [0, 0.05) is 12.5 Å². The Balaban J connectivity index is 2.03. The number of carboxylic acid groups (broad SMARTS) is 1. The van der Waals surface area contributed by atoms with E-state index in [0.29, 0.717) is 37.1 Å². The van der Waals surface area contributed by atoms with Gasteiger partial charge in [-0.3, -0.25) is 4.79 Å². The predicted octanol–water partition coefficient (Wildman–Crippen LogP) is 2.89. The lowest BCUT2D eigenvalue weighted by atomic mass is 9.97. The lowest BCUT2D eigenvalue weighted by Gasteiger charge is -2.25. The molecular weight excluding hydrogens is 273 g/mol. The molecule has 2 rings (SSSR count). The maximum atomic E-state index is 13.5. The first-order chi connectivity index (χ1) is 9.97. The highest BCUT2D eigenvalue weighted by atomic mass is 19.1. The lowest BCUT2D eigenvalue weighted by Crippen LogP contribution is -2.50. The molecule has 0 heterocycles. The van der Waals surface area contributed by atoms with Crippen molar-refractivity contribution in [1.82, 2.24) is 5.32 Å². The fourth-order valence-corrected chi connectivity index (χ4v) is 2.73. The Morgan fingerprint density at radius 3 is 2.95 bits per heavy atom. The third kappa shape index (κ3) is 3.53. The Morgan fingerprint density at radius 2 is 2.33 bits per heavy atom. The second-order valence-electron chi connectivity index (χ2n) is 5.71. The van der Waals surface area contributed by atoms with E-state index in [1.165, 1.54) is 6.07 Å². The average Bonchev–Trinajstić information content (AvgIpc) is 2.85. The molecule has 1 saturated carbocycles. The van der Waals surface area contributed by atoms with E-state index in [-0.39, 0.29) is 11.9 Å². The normalized spacial score (nSPS) is 25.0. The molecule has 2 atom stereocenters. The summed E-state index contributed by atoms with van der Waals surface area (Å²) in [7, 11) is 0. The molecule has 0 aromatic heterocycles. The first kappa shape index (κ1) is 15.8. The topological polar surface area (TPSA) is 58.6 Å². The van der Waals surface area contributed by atoms with Crippen LogP contribution < -0.4 is 10.1 Å². The molecule has 1 fully saturated rings. The summed E-state index contributed by atoms with van der Waals surface area (Å²) in [5, 5.41) is 12.6. The van der Waals surface area contributed by atoms with Crippen molar-refractivity contribution in [3.05, 3.63) is 29.6 Å². The smallest absolute Gasteiger partial charge is 0.324 e. The van der Waals surface area contributed by atoms with Gasteiger partial charge in [0.15, 0.2) is 0 Å². The number of halogens is 1. The zero-order valence-electron chi connectivity index (χ0n) is 12.5. The first-order valence-corrected chi connectivity index (χ1v) is 7.38. The van der Waals surface area contributed by atoms with Gasteiger partial charge in [0.05, 0.1) is 0 Å². The van der Waals surface area contributed by atoms with Crippen molar-refractivity contribution in [2.24, 2.45) is 0 Å². The van der Waals surface area contributed by atoms with Crippen LogP contribution >= 0.6 is 0 Å². The highest BCUT2D eigenvalue weighted by Crippen LogP contribution is 2.33. The Hall–Kier alpha value is -1.62.